The summed E-state index contributed by atoms with van der Waals surface area (Å²) in [5.41, 5.74) is 6.82. The molecule has 0 bridgehead atoms. The Bertz CT molecular complexity index is 1720. The fraction of sp³-hybridized carbons (Fsp3) is 0.148. The zero-order valence-corrected chi connectivity index (χ0v) is 20.2. The summed E-state index contributed by atoms with van der Waals surface area (Å²) in [6.45, 7) is 0. The van der Waals surface area contributed by atoms with E-state index in [4.69, 9.17) is 5.73 Å². The van der Waals surface area contributed by atoms with Crippen molar-refractivity contribution in [1.29, 1.82) is 0 Å². The van der Waals surface area contributed by atoms with E-state index in [9.17, 15) is 22.8 Å². The van der Waals surface area contributed by atoms with Crippen LogP contribution in [-0.4, -0.2) is 32.8 Å². The average Bonchev–Trinajstić information content (AvgIpc) is 3.57. The summed E-state index contributed by atoms with van der Waals surface area (Å²) in [6, 6.07) is 9.82. The van der Waals surface area contributed by atoms with E-state index in [0.717, 1.165) is 48.3 Å². The van der Waals surface area contributed by atoms with Crippen LogP contribution in [0.5, 0.6) is 0 Å². The monoisotopic (exact) mass is 531 g/mol. The number of benzene rings is 2. The van der Waals surface area contributed by atoms with E-state index in [0.29, 0.717) is 22.6 Å². The number of carbonyl (C=O) groups is 2. The minimum absolute atomic E-state index is 0.0622. The third kappa shape index (κ3) is 4.29. The van der Waals surface area contributed by atoms with Gasteiger partial charge in [-0.1, -0.05) is 12.1 Å². The zero-order valence-electron chi connectivity index (χ0n) is 20.2. The molecule has 0 unspecified atom stereocenters. The number of alkyl halides is 3. The molecule has 2 amide bonds. The number of rotatable bonds is 6. The van der Waals surface area contributed by atoms with Gasteiger partial charge in [0, 0.05) is 34.2 Å². The maximum Gasteiger partial charge on any atom is 0.420 e. The number of halogens is 3. The highest BCUT2D eigenvalue weighted by Crippen LogP contribution is 2.44. The second-order valence-electron chi connectivity index (χ2n) is 9.15. The van der Waals surface area contributed by atoms with Crippen LogP contribution in [-0.2, 0) is 6.18 Å². The van der Waals surface area contributed by atoms with Crippen LogP contribution in [0, 0.1) is 0 Å². The number of aliphatic imine (C=N–C) groups is 1. The molecule has 1 aliphatic carbocycles. The second kappa shape index (κ2) is 9.08. The van der Waals surface area contributed by atoms with Gasteiger partial charge in [0.25, 0.3) is 11.8 Å². The number of aromatic nitrogens is 3. The van der Waals surface area contributed by atoms with Crippen LogP contribution in [0.2, 0.25) is 0 Å². The summed E-state index contributed by atoms with van der Waals surface area (Å²) in [5.74, 6) is -1.28. The van der Waals surface area contributed by atoms with Crippen molar-refractivity contribution in [1.82, 2.24) is 14.8 Å². The van der Waals surface area contributed by atoms with E-state index >= 15 is 0 Å². The maximum atomic E-state index is 13.7. The van der Waals surface area contributed by atoms with Crippen molar-refractivity contribution < 1.29 is 22.8 Å². The van der Waals surface area contributed by atoms with Crippen LogP contribution in [0.4, 0.5) is 30.4 Å². The molecule has 4 N–H and O–H groups in total. The molecule has 39 heavy (non-hydrogen) atoms. The van der Waals surface area contributed by atoms with Gasteiger partial charge in [0.1, 0.15) is 5.56 Å². The molecule has 4 aromatic rings. The molecule has 0 spiro atoms. The van der Waals surface area contributed by atoms with Crippen LogP contribution in [0.3, 0.4) is 0 Å². The quantitative estimate of drug-likeness (QED) is 0.291. The van der Waals surface area contributed by atoms with Crippen LogP contribution in [0.1, 0.15) is 50.7 Å². The van der Waals surface area contributed by atoms with E-state index in [-0.39, 0.29) is 23.1 Å². The molecule has 1 saturated carbocycles. The Morgan fingerprint density at radius 3 is 2.77 bits per heavy atom. The predicted octanol–water partition coefficient (Wildman–Crippen LogP) is 5.31. The van der Waals surface area contributed by atoms with Gasteiger partial charge < -0.3 is 16.4 Å². The van der Waals surface area contributed by atoms with E-state index in [1.54, 1.807) is 22.9 Å². The van der Waals surface area contributed by atoms with Gasteiger partial charge in [-0.05, 0) is 49.4 Å². The third-order valence-corrected chi connectivity index (χ3v) is 6.58. The molecule has 0 atom stereocenters. The lowest BCUT2D eigenvalue weighted by atomic mass is 10.0. The molecular weight excluding hydrogens is 511 g/mol. The number of nitrogens with one attached hydrogen (secondary N) is 2. The predicted molar refractivity (Wildman–Crippen MR) is 140 cm³/mol. The SMILES string of the molecule is NC=CC=Nc1ncc(NC(=O)c2cnn(-c3ccc4c5c(cccc35)C(=O)N4)c2C2CC2)cc1C(F)(F)F. The number of hydrogen-bond donors (Lipinski definition) is 3. The Morgan fingerprint density at radius 2 is 2.03 bits per heavy atom. The summed E-state index contributed by atoms with van der Waals surface area (Å²) >= 11 is 0. The lowest BCUT2D eigenvalue weighted by Gasteiger charge is -2.13. The summed E-state index contributed by atoms with van der Waals surface area (Å²) in [5, 5.41) is 11.4. The molecule has 2 aromatic heterocycles. The molecular formula is C27H20F3N7O2. The summed E-state index contributed by atoms with van der Waals surface area (Å²) in [6.07, 6.45) is 2.95. The number of allylic oxidation sites excluding steroid dienone is 1. The van der Waals surface area contributed by atoms with Gasteiger partial charge >= 0.3 is 6.18 Å². The molecule has 196 valence electrons. The van der Waals surface area contributed by atoms with Gasteiger partial charge in [-0.25, -0.2) is 14.7 Å². The number of nitrogens with zero attached hydrogens (tertiary/aromatic N) is 4. The highest BCUT2D eigenvalue weighted by molar-refractivity contribution is 6.25. The van der Waals surface area contributed by atoms with Crippen LogP contribution in [0.25, 0.3) is 16.5 Å². The topological polar surface area (TPSA) is 127 Å². The lowest BCUT2D eigenvalue weighted by Crippen LogP contribution is -2.16. The Morgan fingerprint density at radius 1 is 1.21 bits per heavy atom. The Hall–Kier alpha value is -5.00. The molecule has 2 aromatic carbocycles. The smallest absolute Gasteiger partial charge is 0.405 e. The van der Waals surface area contributed by atoms with Gasteiger partial charge in [-0.15, -0.1) is 0 Å². The Balaban J connectivity index is 1.37. The first-order valence-electron chi connectivity index (χ1n) is 12.0. The van der Waals surface area contributed by atoms with E-state index in [1.165, 1.54) is 12.3 Å². The molecule has 0 saturated heterocycles. The summed E-state index contributed by atoms with van der Waals surface area (Å²) in [4.78, 5) is 33.1. The molecule has 3 heterocycles. The number of hydrogen-bond acceptors (Lipinski definition) is 6. The fourth-order valence-corrected chi connectivity index (χ4v) is 4.73. The average molecular weight is 531 g/mol. The minimum Gasteiger partial charge on any atom is -0.405 e. The molecule has 9 nitrogen and oxygen atoms in total. The fourth-order valence-electron chi connectivity index (χ4n) is 4.73. The van der Waals surface area contributed by atoms with Gasteiger partial charge in [0.15, 0.2) is 5.82 Å². The first-order chi connectivity index (χ1) is 18.8. The molecule has 12 heteroatoms. The highest BCUT2D eigenvalue weighted by Gasteiger charge is 2.36. The van der Waals surface area contributed by atoms with Crippen LogP contribution >= 0.6 is 0 Å². The van der Waals surface area contributed by atoms with Gasteiger partial charge in [0.05, 0.1) is 35.0 Å². The molecule has 1 aliphatic heterocycles. The van der Waals surface area contributed by atoms with Crippen molar-refractivity contribution in [3.8, 4) is 5.69 Å². The maximum absolute atomic E-state index is 13.7. The highest BCUT2D eigenvalue weighted by atomic mass is 19.4. The normalized spacial score (nSPS) is 15.0. The number of pyridine rings is 1. The van der Waals surface area contributed by atoms with Crippen molar-refractivity contribution in [2.75, 3.05) is 10.6 Å². The largest absolute Gasteiger partial charge is 0.420 e. The minimum atomic E-state index is -4.75. The zero-order chi connectivity index (χ0) is 27.3. The second-order valence-corrected chi connectivity index (χ2v) is 9.15. The standard InChI is InChI=1S/C27H20F3N7O2/c28-27(29,30)19-11-15(12-33-24(19)32-10-2-9-31)35-26(39)18-13-34-37(23(18)14-5-6-14)21-8-7-20-22-16(21)3-1-4-17(22)25(38)36-20/h1-4,7-14H,5-6,31H2,(H,35,39)(H,36,38). The van der Waals surface area contributed by atoms with Crippen molar-refractivity contribution in [2.24, 2.45) is 10.7 Å². The van der Waals surface area contributed by atoms with Crippen LogP contribution < -0.4 is 16.4 Å². The van der Waals surface area contributed by atoms with Crippen molar-refractivity contribution in [3.05, 3.63) is 83.5 Å². The Kier molecular flexibility index (Phi) is 5.67. The number of anilines is 2. The molecule has 6 rings (SSSR count). The van der Waals surface area contributed by atoms with E-state index in [2.05, 4.69) is 25.7 Å². The van der Waals surface area contributed by atoms with Crippen LogP contribution in [0.15, 0.2) is 66.1 Å². The lowest BCUT2D eigenvalue weighted by molar-refractivity contribution is -0.137. The summed E-state index contributed by atoms with van der Waals surface area (Å²) in [7, 11) is 0. The molecule has 2 aliphatic rings. The number of amides is 2. The van der Waals surface area contributed by atoms with Gasteiger partial charge in [-0.2, -0.15) is 18.3 Å². The summed E-state index contributed by atoms with van der Waals surface area (Å²) < 4.78 is 42.7. The van der Waals surface area contributed by atoms with Crippen molar-refractivity contribution in [3.63, 3.8) is 0 Å². The first-order valence-corrected chi connectivity index (χ1v) is 12.0. The van der Waals surface area contributed by atoms with E-state index in [1.807, 2.05) is 12.1 Å². The number of nitrogens with two attached hydrogens (primary N) is 1. The molecule has 0 radical (unpaired) electrons. The first kappa shape index (κ1) is 24.3. The van der Waals surface area contributed by atoms with Crippen molar-refractivity contribution >= 4 is 46.0 Å². The third-order valence-electron chi connectivity index (χ3n) is 6.58. The van der Waals surface area contributed by atoms with Gasteiger partial charge in [0.2, 0.25) is 0 Å². The Labute approximate surface area is 219 Å². The number of carbonyl (C=O) groups excluding carboxylic acids is 2. The van der Waals surface area contributed by atoms with Crippen molar-refractivity contribution in [2.45, 2.75) is 24.9 Å². The van der Waals surface area contributed by atoms with E-state index < -0.39 is 23.5 Å². The van der Waals surface area contributed by atoms with Gasteiger partial charge in [-0.3, -0.25) is 9.59 Å². The molecule has 1 fully saturated rings.